The van der Waals surface area contributed by atoms with Crippen LogP contribution in [-0.2, 0) is 27.2 Å². The maximum absolute atomic E-state index is 12.2. The fourth-order valence-electron chi connectivity index (χ4n) is 7.39. The summed E-state index contributed by atoms with van der Waals surface area (Å²) in [5.74, 6) is 2.64. The van der Waals surface area contributed by atoms with E-state index in [2.05, 4.69) is 38.1 Å². The van der Waals surface area contributed by atoms with Crippen molar-refractivity contribution in [1.29, 1.82) is 0 Å². The molecule has 2 saturated heterocycles. The maximum atomic E-state index is 12.2. The van der Waals surface area contributed by atoms with Crippen molar-refractivity contribution in [2.45, 2.75) is 71.1 Å². The van der Waals surface area contributed by atoms with Crippen LogP contribution < -0.4 is 11.1 Å². The minimum atomic E-state index is -0.556. The van der Waals surface area contributed by atoms with E-state index in [0.29, 0.717) is 30.9 Å². The Morgan fingerprint density at radius 2 is 1.36 bits per heavy atom. The van der Waals surface area contributed by atoms with Crippen LogP contribution in [0.1, 0.15) is 63.9 Å². The lowest BCUT2D eigenvalue weighted by Crippen LogP contribution is -2.33. The van der Waals surface area contributed by atoms with Crippen molar-refractivity contribution in [2.24, 2.45) is 5.92 Å². The molecule has 3 N–H and O–H groups in total. The zero-order valence-electron chi connectivity index (χ0n) is 32.1. The molecule has 3 aromatic heterocycles. The van der Waals surface area contributed by atoms with Crippen molar-refractivity contribution in [1.82, 2.24) is 24.8 Å². The number of alkyl carbamates (subject to hydrolysis) is 1. The van der Waals surface area contributed by atoms with Gasteiger partial charge in [-0.05, 0) is 119 Å². The lowest BCUT2D eigenvalue weighted by Gasteiger charge is -2.26. The molecule has 2 fully saturated rings. The number of nitrogens with zero attached hydrogens (tertiary/aromatic N) is 4. The normalized spacial score (nSPS) is 15.6. The number of amides is 1. The summed E-state index contributed by atoms with van der Waals surface area (Å²) >= 11 is 0. The van der Waals surface area contributed by atoms with Gasteiger partial charge in [-0.25, -0.2) is 19.7 Å². The van der Waals surface area contributed by atoms with Gasteiger partial charge in [-0.1, -0.05) is 30.3 Å². The number of para-hydroxylation sites is 4. The van der Waals surface area contributed by atoms with E-state index in [4.69, 9.17) is 33.8 Å². The van der Waals surface area contributed by atoms with E-state index in [1.54, 1.807) is 0 Å². The molecule has 4 aromatic carbocycles. The molecule has 5 heterocycles. The quantitative estimate of drug-likeness (QED) is 0.151. The first kappa shape index (κ1) is 37.2. The molecule has 12 heteroatoms. The molecule has 0 spiro atoms. The summed E-state index contributed by atoms with van der Waals surface area (Å²) in [6.07, 6.45) is 4.59. The number of oxazole rings is 2. The SMILES string of the molecule is CC(C)(C)OC(=O)NCc1nc2cc(-c3nc4ccccc4o3)ccc2n1C1CCOCC1.Nc1cc(-c2nc3ccccc3o2)ccc1CC1CCOCC1. The van der Waals surface area contributed by atoms with E-state index >= 15 is 0 Å². The summed E-state index contributed by atoms with van der Waals surface area (Å²) in [7, 11) is 0. The van der Waals surface area contributed by atoms with Crippen LogP contribution >= 0.6 is 0 Å². The molecule has 9 rings (SSSR count). The van der Waals surface area contributed by atoms with Gasteiger partial charge >= 0.3 is 6.09 Å². The zero-order valence-corrected chi connectivity index (χ0v) is 32.1. The lowest BCUT2D eigenvalue weighted by atomic mass is 9.91. The number of aromatic nitrogens is 4. The zero-order chi connectivity index (χ0) is 38.6. The number of rotatable bonds is 7. The highest BCUT2D eigenvalue weighted by Gasteiger charge is 2.24. The van der Waals surface area contributed by atoms with Gasteiger partial charge in [0.2, 0.25) is 11.8 Å². The summed E-state index contributed by atoms with van der Waals surface area (Å²) in [5, 5.41) is 2.85. The van der Waals surface area contributed by atoms with Crippen molar-refractivity contribution >= 4 is 45.0 Å². The van der Waals surface area contributed by atoms with E-state index < -0.39 is 11.7 Å². The van der Waals surface area contributed by atoms with Gasteiger partial charge in [0.05, 0.1) is 17.6 Å². The Bertz CT molecular complexity index is 2380. The number of anilines is 1. The van der Waals surface area contributed by atoms with Gasteiger partial charge in [-0.2, -0.15) is 0 Å². The average Bonchev–Trinajstić information content (AvgIpc) is 3.93. The van der Waals surface area contributed by atoms with Crippen LogP contribution in [0, 0.1) is 5.92 Å². The fraction of sp³-hybridized carbons (Fsp3) is 0.364. The van der Waals surface area contributed by atoms with Gasteiger partial charge < -0.3 is 38.7 Å². The third-order valence-electron chi connectivity index (χ3n) is 10.2. The summed E-state index contributed by atoms with van der Waals surface area (Å²) in [6, 6.07) is 27.9. The Labute approximate surface area is 325 Å². The molecule has 0 saturated carbocycles. The minimum absolute atomic E-state index is 0.259. The number of benzene rings is 4. The number of carbonyl (C=O) groups is 1. The number of nitrogen functional groups attached to an aromatic ring is 1. The Morgan fingerprint density at radius 1 is 0.768 bits per heavy atom. The van der Waals surface area contributed by atoms with E-state index in [9.17, 15) is 4.79 Å². The van der Waals surface area contributed by atoms with Crippen LogP contribution in [-0.4, -0.2) is 57.6 Å². The molecule has 1 amide bonds. The van der Waals surface area contributed by atoms with Gasteiger partial charge in [0.25, 0.3) is 0 Å². The van der Waals surface area contributed by atoms with E-state index in [1.165, 1.54) is 5.56 Å². The number of hydrogen-bond donors (Lipinski definition) is 2. The third-order valence-corrected chi connectivity index (χ3v) is 10.2. The van der Waals surface area contributed by atoms with Gasteiger partial charge in [0, 0.05) is 49.3 Å². The predicted octanol–water partition coefficient (Wildman–Crippen LogP) is 9.27. The molecule has 2 aliphatic heterocycles. The smallest absolute Gasteiger partial charge is 0.408 e. The first-order chi connectivity index (χ1) is 27.2. The number of hydrogen-bond acceptors (Lipinski definition) is 10. The molecule has 290 valence electrons. The van der Waals surface area contributed by atoms with Crippen molar-refractivity contribution in [2.75, 3.05) is 32.2 Å². The number of nitrogens with two attached hydrogens (primary N) is 1. The average molecular weight is 757 g/mol. The molecular formula is C44H48N6O6. The second-order valence-corrected chi connectivity index (χ2v) is 15.4. The maximum Gasteiger partial charge on any atom is 0.408 e. The van der Waals surface area contributed by atoms with Crippen molar-refractivity contribution < 1.29 is 27.8 Å². The number of imidazole rings is 1. The number of ether oxygens (including phenoxy) is 3. The lowest BCUT2D eigenvalue weighted by molar-refractivity contribution is 0.0517. The molecule has 0 aliphatic carbocycles. The van der Waals surface area contributed by atoms with Gasteiger partial charge in [-0.15, -0.1) is 0 Å². The first-order valence-electron chi connectivity index (χ1n) is 19.4. The van der Waals surface area contributed by atoms with Crippen molar-refractivity contribution in [3.05, 3.63) is 96.3 Å². The van der Waals surface area contributed by atoms with Crippen molar-refractivity contribution in [3.8, 4) is 22.9 Å². The third kappa shape index (κ3) is 8.56. The number of fused-ring (bicyclic) bond motifs is 3. The minimum Gasteiger partial charge on any atom is -0.444 e. The van der Waals surface area contributed by atoms with Crippen LogP contribution in [0.5, 0.6) is 0 Å². The van der Waals surface area contributed by atoms with Gasteiger partial charge in [0.1, 0.15) is 22.5 Å². The molecule has 0 bridgehead atoms. The Morgan fingerprint density at radius 3 is 1.96 bits per heavy atom. The fourth-order valence-corrected chi connectivity index (χ4v) is 7.39. The predicted molar refractivity (Wildman–Crippen MR) is 216 cm³/mol. The standard InChI is InChI=1S/C25H28N4O4.C19H20N2O2/c1-25(2,3)33-24(30)26-15-22-27-19-14-16(23-28-18-6-4-5-7-21(18)32-23)8-9-20(19)29(22)17-10-12-31-13-11-17;20-16-12-15(19-21-17-3-1-2-4-18(17)23-19)6-5-14(16)11-13-7-9-22-10-8-13/h4-9,14,17H,10-13,15H2,1-3H3,(H,26,30);1-6,12-13H,7-11,20H2. The monoisotopic (exact) mass is 756 g/mol. The highest BCUT2D eigenvalue weighted by atomic mass is 16.6. The highest BCUT2D eigenvalue weighted by molar-refractivity contribution is 5.83. The molecule has 0 unspecified atom stereocenters. The molecule has 2 aliphatic rings. The first-order valence-corrected chi connectivity index (χ1v) is 19.4. The summed E-state index contributed by atoms with van der Waals surface area (Å²) in [4.78, 5) is 26.3. The number of nitrogens with one attached hydrogen (secondary N) is 1. The summed E-state index contributed by atoms with van der Waals surface area (Å²) in [6.45, 7) is 8.97. The molecule has 7 aromatic rings. The van der Waals surface area contributed by atoms with Crippen LogP contribution in [0.15, 0.2) is 93.8 Å². The number of carbonyl (C=O) groups excluding carboxylic acids is 1. The van der Waals surface area contributed by atoms with Gasteiger partial charge in [-0.3, -0.25) is 0 Å². The van der Waals surface area contributed by atoms with E-state index in [0.717, 1.165) is 101 Å². The van der Waals surface area contributed by atoms with Crippen LogP contribution in [0.3, 0.4) is 0 Å². The molecule has 0 radical (unpaired) electrons. The van der Waals surface area contributed by atoms with E-state index in [-0.39, 0.29) is 12.6 Å². The van der Waals surface area contributed by atoms with Crippen LogP contribution in [0.4, 0.5) is 10.5 Å². The largest absolute Gasteiger partial charge is 0.444 e. The molecule has 12 nitrogen and oxygen atoms in total. The second-order valence-electron chi connectivity index (χ2n) is 15.4. The van der Waals surface area contributed by atoms with E-state index in [1.807, 2.05) is 87.5 Å². The topological polar surface area (TPSA) is 153 Å². The molecular weight excluding hydrogens is 709 g/mol. The van der Waals surface area contributed by atoms with Crippen LogP contribution in [0.25, 0.3) is 56.1 Å². The Kier molecular flexibility index (Phi) is 10.7. The Hall–Kier alpha value is -5.72. The van der Waals surface area contributed by atoms with Gasteiger partial charge in [0.15, 0.2) is 11.2 Å². The summed E-state index contributed by atoms with van der Waals surface area (Å²) < 4.78 is 30.4. The molecule has 56 heavy (non-hydrogen) atoms. The summed E-state index contributed by atoms with van der Waals surface area (Å²) in [5.41, 5.74) is 14.6. The Balaban J connectivity index is 0.000000168. The van der Waals surface area contributed by atoms with Crippen LogP contribution in [0.2, 0.25) is 0 Å². The van der Waals surface area contributed by atoms with Crippen molar-refractivity contribution in [3.63, 3.8) is 0 Å². The molecule has 0 atom stereocenters. The second kappa shape index (κ2) is 16.2. The highest BCUT2D eigenvalue weighted by Crippen LogP contribution is 2.33.